The van der Waals surface area contributed by atoms with Gasteiger partial charge in [-0.15, -0.1) is 0 Å². The van der Waals surface area contributed by atoms with Gasteiger partial charge in [-0.2, -0.15) is 0 Å². The maximum absolute atomic E-state index is 11.5. The summed E-state index contributed by atoms with van der Waals surface area (Å²) in [7, 11) is 0. The first kappa shape index (κ1) is 26.9. The molecule has 4 unspecified atom stereocenters. The molecule has 3 aromatic rings. The Morgan fingerprint density at radius 1 is 0.927 bits per heavy atom. The average Bonchev–Trinajstić information content (AvgIpc) is 3.59. The highest BCUT2D eigenvalue weighted by molar-refractivity contribution is 6.35. The van der Waals surface area contributed by atoms with Crippen LogP contribution in [0.25, 0.3) is 11.3 Å². The standard InChI is InChI=1S/C30H32Cl2N6O3/c31-20-11-19(12-21(32)13-20)26-9-18(16-36-5-2-24-25(3-6-36)28(24)29(39)40)10-27(35-26)41-23-14-33-30(34-15-23)38-8-7-37-4-1-22(38)17-37/h9-15,22,24-25,28H,1-8,16-17H2,(H,39,40). The first-order chi connectivity index (χ1) is 19.9. The molecule has 3 saturated heterocycles. The van der Waals surface area contributed by atoms with Crippen LogP contribution in [-0.4, -0.2) is 81.1 Å². The Bertz CT molecular complexity index is 1420. The van der Waals surface area contributed by atoms with Crippen molar-refractivity contribution in [2.45, 2.75) is 31.8 Å². The molecule has 1 saturated carbocycles. The topological polar surface area (TPSA) is 94.9 Å². The number of likely N-dealkylation sites (tertiary alicyclic amines) is 1. The van der Waals surface area contributed by atoms with Gasteiger partial charge in [0.05, 0.1) is 24.0 Å². The van der Waals surface area contributed by atoms with Crippen LogP contribution in [0.1, 0.15) is 24.8 Å². The van der Waals surface area contributed by atoms with Crippen LogP contribution in [0.4, 0.5) is 5.95 Å². The van der Waals surface area contributed by atoms with Crippen LogP contribution in [0.3, 0.4) is 0 Å². The normalized spacial score (nSPS) is 27.3. The van der Waals surface area contributed by atoms with E-state index >= 15 is 0 Å². The summed E-state index contributed by atoms with van der Waals surface area (Å²) in [5.41, 5.74) is 2.56. The van der Waals surface area contributed by atoms with Crippen LogP contribution in [0.2, 0.25) is 10.0 Å². The highest BCUT2D eigenvalue weighted by Crippen LogP contribution is 2.52. The van der Waals surface area contributed by atoms with Crippen LogP contribution in [0, 0.1) is 17.8 Å². The van der Waals surface area contributed by atoms with E-state index in [9.17, 15) is 9.90 Å². The number of rotatable bonds is 7. The summed E-state index contributed by atoms with van der Waals surface area (Å²) in [6, 6.07) is 9.85. The lowest BCUT2D eigenvalue weighted by molar-refractivity contribution is -0.139. The van der Waals surface area contributed by atoms with Gasteiger partial charge in [-0.25, -0.2) is 15.0 Å². The van der Waals surface area contributed by atoms with Crippen molar-refractivity contribution in [2.75, 3.05) is 44.2 Å². The van der Waals surface area contributed by atoms with Crippen molar-refractivity contribution in [3.63, 3.8) is 0 Å². The van der Waals surface area contributed by atoms with Gasteiger partial charge in [-0.05, 0) is 74.0 Å². The van der Waals surface area contributed by atoms with E-state index in [1.54, 1.807) is 18.5 Å². The lowest BCUT2D eigenvalue weighted by Gasteiger charge is -2.34. The van der Waals surface area contributed by atoms with Crippen LogP contribution in [-0.2, 0) is 11.3 Å². The number of nitrogens with zero attached hydrogens (tertiary/aromatic N) is 6. The molecule has 2 aromatic heterocycles. The number of aliphatic carboxylic acids is 1. The van der Waals surface area contributed by atoms with E-state index in [0.29, 0.717) is 51.8 Å². The van der Waals surface area contributed by atoms with Gasteiger partial charge in [0.15, 0.2) is 5.75 Å². The molecule has 2 bridgehead atoms. The molecule has 0 amide bonds. The molecular formula is C30H32Cl2N6O3. The summed E-state index contributed by atoms with van der Waals surface area (Å²) >= 11 is 12.6. The minimum atomic E-state index is -0.646. The number of halogens is 2. The predicted octanol–water partition coefficient (Wildman–Crippen LogP) is 5.07. The van der Waals surface area contributed by atoms with E-state index in [4.69, 9.17) is 32.9 Å². The first-order valence-corrected chi connectivity index (χ1v) is 15.1. The number of carboxylic acids is 1. The van der Waals surface area contributed by atoms with Crippen molar-refractivity contribution in [3.8, 4) is 22.9 Å². The number of aromatic nitrogens is 3. The lowest BCUT2D eigenvalue weighted by atomic mass is 10.1. The Morgan fingerprint density at radius 3 is 2.37 bits per heavy atom. The average molecular weight is 596 g/mol. The van der Waals surface area contributed by atoms with Crippen molar-refractivity contribution < 1.29 is 14.6 Å². The number of benzene rings is 1. The number of piperazine rings is 1. The minimum Gasteiger partial charge on any atom is -0.481 e. The molecule has 1 aliphatic carbocycles. The fourth-order valence-electron chi connectivity index (χ4n) is 6.94. The van der Waals surface area contributed by atoms with Crippen molar-refractivity contribution in [2.24, 2.45) is 17.8 Å². The second-order valence-corrected chi connectivity index (χ2v) is 12.5. The molecule has 41 heavy (non-hydrogen) atoms. The quantitative estimate of drug-likeness (QED) is 0.402. The van der Waals surface area contributed by atoms with Gasteiger partial charge in [0.2, 0.25) is 11.8 Å². The molecule has 214 valence electrons. The summed E-state index contributed by atoms with van der Waals surface area (Å²) in [5.74, 6) is 1.51. The van der Waals surface area contributed by atoms with Crippen LogP contribution in [0.15, 0.2) is 42.7 Å². The van der Waals surface area contributed by atoms with Gasteiger partial charge >= 0.3 is 5.97 Å². The highest BCUT2D eigenvalue weighted by Gasteiger charge is 2.54. The Kier molecular flexibility index (Phi) is 7.23. The van der Waals surface area contributed by atoms with Gasteiger partial charge in [0, 0.05) is 60.4 Å². The smallest absolute Gasteiger partial charge is 0.307 e. The van der Waals surface area contributed by atoms with Crippen LogP contribution >= 0.6 is 23.2 Å². The molecule has 0 radical (unpaired) electrons. The van der Waals surface area contributed by atoms with Gasteiger partial charge in [0.1, 0.15) is 0 Å². The van der Waals surface area contributed by atoms with E-state index < -0.39 is 5.97 Å². The van der Waals surface area contributed by atoms with Gasteiger partial charge in [0.25, 0.3) is 0 Å². The lowest BCUT2D eigenvalue weighted by Crippen LogP contribution is -2.47. The molecule has 9 nitrogen and oxygen atoms in total. The fraction of sp³-hybridized carbons (Fsp3) is 0.467. The first-order valence-electron chi connectivity index (χ1n) is 14.3. The number of carboxylic acid groups (broad SMARTS) is 1. The SMILES string of the molecule is O=C(O)C1C2CCN(Cc3cc(Oc4cnc(N5CCN6CCC5C6)nc4)nc(-c4cc(Cl)cc(Cl)c4)c3)CCC21. The van der Waals surface area contributed by atoms with Gasteiger partial charge in [-0.1, -0.05) is 23.2 Å². The number of fused-ring (bicyclic) bond motifs is 3. The van der Waals surface area contributed by atoms with Gasteiger partial charge in [-0.3, -0.25) is 14.6 Å². The molecule has 1 aromatic carbocycles. The zero-order valence-electron chi connectivity index (χ0n) is 22.6. The third-order valence-corrected chi connectivity index (χ3v) is 9.48. The Morgan fingerprint density at radius 2 is 1.66 bits per heavy atom. The van der Waals surface area contributed by atoms with Crippen LogP contribution < -0.4 is 9.64 Å². The molecule has 4 atom stereocenters. The molecule has 3 aliphatic heterocycles. The molecule has 11 heteroatoms. The molecule has 1 N–H and O–H groups in total. The zero-order chi connectivity index (χ0) is 28.1. The minimum absolute atomic E-state index is 0.159. The van der Waals surface area contributed by atoms with E-state index in [0.717, 1.165) is 75.6 Å². The number of carbonyl (C=O) groups is 1. The second kappa shape index (κ2) is 11.0. The van der Waals surface area contributed by atoms with E-state index in [-0.39, 0.29) is 5.92 Å². The number of hydrogen-bond acceptors (Lipinski definition) is 8. The fourth-order valence-corrected chi connectivity index (χ4v) is 7.46. The summed E-state index contributed by atoms with van der Waals surface area (Å²) in [4.78, 5) is 32.7. The van der Waals surface area contributed by atoms with E-state index in [1.807, 2.05) is 24.3 Å². The van der Waals surface area contributed by atoms with Crippen molar-refractivity contribution in [1.82, 2.24) is 24.8 Å². The van der Waals surface area contributed by atoms with Crippen LogP contribution in [0.5, 0.6) is 11.6 Å². The summed E-state index contributed by atoms with van der Waals surface area (Å²) in [5, 5.41) is 10.5. The Labute approximate surface area is 249 Å². The predicted molar refractivity (Wildman–Crippen MR) is 157 cm³/mol. The highest BCUT2D eigenvalue weighted by atomic mass is 35.5. The van der Waals surface area contributed by atoms with E-state index in [1.165, 1.54) is 0 Å². The Hall–Kier alpha value is -2.98. The molecule has 7 rings (SSSR count). The zero-order valence-corrected chi connectivity index (χ0v) is 24.1. The van der Waals surface area contributed by atoms with Crippen molar-refractivity contribution >= 4 is 35.1 Å². The summed E-state index contributed by atoms with van der Waals surface area (Å²) in [6.07, 6.45) is 6.40. The second-order valence-electron chi connectivity index (χ2n) is 11.7. The summed E-state index contributed by atoms with van der Waals surface area (Å²) in [6.45, 7) is 6.65. The maximum atomic E-state index is 11.5. The maximum Gasteiger partial charge on any atom is 0.307 e. The number of hydrogen-bond donors (Lipinski definition) is 1. The largest absolute Gasteiger partial charge is 0.481 e. The van der Waals surface area contributed by atoms with E-state index in [2.05, 4.69) is 24.7 Å². The molecule has 4 aliphatic rings. The third-order valence-electron chi connectivity index (χ3n) is 9.04. The third kappa shape index (κ3) is 5.73. The van der Waals surface area contributed by atoms with Gasteiger partial charge < -0.3 is 14.7 Å². The molecule has 5 heterocycles. The van der Waals surface area contributed by atoms with Crippen molar-refractivity contribution in [3.05, 3.63) is 58.3 Å². The number of anilines is 1. The molecular weight excluding hydrogens is 563 g/mol. The summed E-state index contributed by atoms with van der Waals surface area (Å²) < 4.78 is 6.21. The number of pyridine rings is 1. The van der Waals surface area contributed by atoms with Crippen molar-refractivity contribution in [1.29, 1.82) is 0 Å². The number of ether oxygens (including phenoxy) is 1. The molecule has 0 spiro atoms. The monoisotopic (exact) mass is 594 g/mol. The molecule has 4 fully saturated rings. The Balaban J connectivity index is 1.11.